The molecule has 1 fully saturated rings. The van der Waals surface area contributed by atoms with E-state index in [0.717, 1.165) is 17.8 Å². The van der Waals surface area contributed by atoms with Crippen molar-refractivity contribution in [3.63, 3.8) is 0 Å². The predicted octanol–water partition coefficient (Wildman–Crippen LogP) is 4.33. The summed E-state index contributed by atoms with van der Waals surface area (Å²) in [5.41, 5.74) is 2.83. The van der Waals surface area contributed by atoms with Crippen molar-refractivity contribution in [3.05, 3.63) is 35.4 Å². The van der Waals surface area contributed by atoms with Gasteiger partial charge in [-0.15, -0.1) is 0 Å². The Morgan fingerprint density at radius 2 is 1.78 bits per heavy atom. The minimum absolute atomic E-state index is 0.523. The molecule has 1 aliphatic carbocycles. The first-order chi connectivity index (χ1) is 8.60. The van der Waals surface area contributed by atoms with Crippen molar-refractivity contribution < 1.29 is 0 Å². The minimum atomic E-state index is 0.523. The van der Waals surface area contributed by atoms with Crippen molar-refractivity contribution >= 4 is 0 Å². The molecule has 2 rings (SSSR count). The zero-order valence-electron chi connectivity index (χ0n) is 12.2. The smallest absolute Gasteiger partial charge is 0.0346 e. The maximum Gasteiger partial charge on any atom is 0.0346 e. The minimum Gasteiger partial charge on any atom is -0.313 e. The van der Waals surface area contributed by atoms with Gasteiger partial charge in [0.2, 0.25) is 0 Å². The normalized spacial score (nSPS) is 30.1. The van der Waals surface area contributed by atoms with E-state index >= 15 is 0 Å². The van der Waals surface area contributed by atoms with E-state index in [4.69, 9.17) is 0 Å². The Labute approximate surface area is 112 Å². The second-order valence-electron chi connectivity index (χ2n) is 6.36. The molecule has 1 nitrogen and oxygen atoms in total. The Morgan fingerprint density at radius 3 is 2.33 bits per heavy atom. The summed E-state index contributed by atoms with van der Waals surface area (Å²) in [6.07, 6.45) is 4.13. The van der Waals surface area contributed by atoms with Crippen LogP contribution in [-0.2, 0) is 0 Å². The predicted molar refractivity (Wildman–Crippen MR) is 78.6 cm³/mol. The summed E-state index contributed by atoms with van der Waals surface area (Å²) in [6.45, 7) is 7.00. The van der Waals surface area contributed by atoms with E-state index in [1.54, 1.807) is 0 Å². The lowest BCUT2D eigenvalue weighted by molar-refractivity contribution is 0.180. The van der Waals surface area contributed by atoms with Crippen LogP contribution in [0, 0.1) is 24.7 Å². The van der Waals surface area contributed by atoms with Crippen LogP contribution in [0.25, 0.3) is 0 Å². The topological polar surface area (TPSA) is 12.0 Å². The van der Waals surface area contributed by atoms with Crippen molar-refractivity contribution in [1.29, 1.82) is 0 Å². The van der Waals surface area contributed by atoms with Crippen molar-refractivity contribution in [3.8, 4) is 0 Å². The Bertz CT molecular complexity index is 375. The SMILES string of the molecule is CNC(c1cccc(C)c1)C1CC(C)CC(C)C1. The van der Waals surface area contributed by atoms with Gasteiger partial charge in [0.15, 0.2) is 0 Å². The van der Waals surface area contributed by atoms with Gasteiger partial charge < -0.3 is 5.32 Å². The molecule has 3 atom stereocenters. The first-order valence-corrected chi connectivity index (χ1v) is 7.34. The zero-order valence-corrected chi connectivity index (χ0v) is 12.2. The molecule has 0 heterocycles. The number of hydrogen-bond acceptors (Lipinski definition) is 1. The van der Waals surface area contributed by atoms with Crippen molar-refractivity contribution in [2.24, 2.45) is 17.8 Å². The van der Waals surface area contributed by atoms with Gasteiger partial charge in [-0.1, -0.05) is 43.7 Å². The molecule has 100 valence electrons. The second-order valence-corrected chi connectivity index (χ2v) is 6.36. The largest absolute Gasteiger partial charge is 0.313 e. The van der Waals surface area contributed by atoms with Gasteiger partial charge in [-0.3, -0.25) is 0 Å². The van der Waals surface area contributed by atoms with Crippen molar-refractivity contribution in [1.82, 2.24) is 5.32 Å². The number of benzene rings is 1. The zero-order chi connectivity index (χ0) is 13.1. The maximum atomic E-state index is 3.56. The molecule has 0 amide bonds. The van der Waals surface area contributed by atoms with Crippen molar-refractivity contribution in [2.45, 2.75) is 46.1 Å². The van der Waals surface area contributed by atoms with Crippen LogP contribution in [0.3, 0.4) is 0 Å². The molecule has 0 aliphatic heterocycles. The Morgan fingerprint density at radius 1 is 1.11 bits per heavy atom. The average molecular weight is 245 g/mol. The molecule has 0 radical (unpaired) electrons. The van der Waals surface area contributed by atoms with Gasteiger partial charge in [0, 0.05) is 6.04 Å². The number of hydrogen-bond donors (Lipinski definition) is 1. The first kappa shape index (κ1) is 13.6. The monoisotopic (exact) mass is 245 g/mol. The van der Waals surface area contributed by atoms with E-state index in [2.05, 4.69) is 57.4 Å². The highest BCUT2D eigenvalue weighted by Crippen LogP contribution is 2.39. The van der Waals surface area contributed by atoms with E-state index in [1.807, 2.05) is 0 Å². The lowest BCUT2D eigenvalue weighted by Crippen LogP contribution is -2.31. The Kier molecular flexibility index (Phi) is 4.45. The molecule has 1 saturated carbocycles. The summed E-state index contributed by atoms with van der Waals surface area (Å²) >= 11 is 0. The molecule has 1 heteroatoms. The van der Waals surface area contributed by atoms with Crippen LogP contribution in [0.15, 0.2) is 24.3 Å². The van der Waals surface area contributed by atoms with Crippen LogP contribution >= 0.6 is 0 Å². The molecule has 0 aromatic heterocycles. The van der Waals surface area contributed by atoms with Gasteiger partial charge in [0.05, 0.1) is 0 Å². The van der Waals surface area contributed by atoms with Gasteiger partial charge >= 0.3 is 0 Å². The van der Waals surface area contributed by atoms with E-state index < -0.39 is 0 Å². The van der Waals surface area contributed by atoms with Crippen LogP contribution in [0.1, 0.15) is 50.3 Å². The van der Waals surface area contributed by atoms with Crippen molar-refractivity contribution in [2.75, 3.05) is 7.05 Å². The standard InChI is InChI=1S/C17H27N/c1-12-6-5-7-15(9-12)17(18-4)16-10-13(2)8-14(3)11-16/h5-7,9,13-14,16-18H,8,10-11H2,1-4H3. The molecule has 1 aliphatic rings. The highest BCUT2D eigenvalue weighted by Gasteiger charge is 2.30. The lowest BCUT2D eigenvalue weighted by Gasteiger charge is -2.36. The number of aryl methyl sites for hydroxylation is 1. The van der Waals surface area contributed by atoms with Gasteiger partial charge in [-0.05, 0) is 56.6 Å². The molecular weight excluding hydrogens is 218 g/mol. The van der Waals surface area contributed by atoms with E-state index in [0.29, 0.717) is 6.04 Å². The van der Waals surface area contributed by atoms with Crippen LogP contribution in [-0.4, -0.2) is 7.05 Å². The van der Waals surface area contributed by atoms with Gasteiger partial charge in [0.1, 0.15) is 0 Å². The van der Waals surface area contributed by atoms with Gasteiger partial charge in [-0.25, -0.2) is 0 Å². The molecule has 0 bridgehead atoms. The van der Waals surface area contributed by atoms with E-state index in [-0.39, 0.29) is 0 Å². The molecule has 3 unspecified atom stereocenters. The lowest BCUT2D eigenvalue weighted by atomic mass is 9.72. The molecular formula is C17H27N. The summed E-state index contributed by atoms with van der Waals surface area (Å²) in [4.78, 5) is 0. The molecule has 0 spiro atoms. The summed E-state index contributed by atoms with van der Waals surface area (Å²) in [5.74, 6) is 2.54. The van der Waals surface area contributed by atoms with Gasteiger partial charge in [0.25, 0.3) is 0 Å². The fraction of sp³-hybridized carbons (Fsp3) is 0.647. The Balaban J connectivity index is 2.17. The fourth-order valence-electron chi connectivity index (χ4n) is 3.82. The molecule has 1 N–H and O–H groups in total. The summed E-state index contributed by atoms with van der Waals surface area (Å²) in [5, 5.41) is 3.56. The summed E-state index contributed by atoms with van der Waals surface area (Å²) in [7, 11) is 2.11. The van der Waals surface area contributed by atoms with Crippen LogP contribution in [0.2, 0.25) is 0 Å². The maximum absolute atomic E-state index is 3.56. The van der Waals surface area contributed by atoms with E-state index in [9.17, 15) is 0 Å². The highest BCUT2D eigenvalue weighted by molar-refractivity contribution is 5.25. The summed E-state index contributed by atoms with van der Waals surface area (Å²) < 4.78 is 0. The molecule has 1 aromatic carbocycles. The molecule has 18 heavy (non-hydrogen) atoms. The second kappa shape index (κ2) is 5.88. The van der Waals surface area contributed by atoms with Gasteiger partial charge in [-0.2, -0.15) is 0 Å². The summed E-state index contributed by atoms with van der Waals surface area (Å²) in [6, 6.07) is 9.51. The van der Waals surface area contributed by atoms with Crippen LogP contribution in [0.5, 0.6) is 0 Å². The third-order valence-electron chi connectivity index (χ3n) is 4.40. The third kappa shape index (κ3) is 3.14. The van der Waals surface area contributed by atoms with E-state index in [1.165, 1.54) is 30.4 Å². The quantitative estimate of drug-likeness (QED) is 0.836. The fourth-order valence-corrected chi connectivity index (χ4v) is 3.82. The molecule has 1 aromatic rings. The highest BCUT2D eigenvalue weighted by atomic mass is 14.9. The van der Waals surface area contributed by atoms with Crippen LogP contribution < -0.4 is 5.32 Å². The average Bonchev–Trinajstić information content (AvgIpc) is 2.28. The number of nitrogens with one attached hydrogen (secondary N) is 1. The van der Waals surface area contributed by atoms with Crippen LogP contribution in [0.4, 0.5) is 0 Å². The first-order valence-electron chi connectivity index (χ1n) is 7.34. The Hall–Kier alpha value is -0.820. The number of rotatable bonds is 3. The molecule has 0 saturated heterocycles. The third-order valence-corrected chi connectivity index (χ3v) is 4.40.